The molecule has 0 aromatic carbocycles. The maximum atomic E-state index is 4.53. The minimum Gasteiger partial charge on any atom is -0.309 e. The van der Waals surface area contributed by atoms with Gasteiger partial charge in [0.1, 0.15) is 0 Å². The van der Waals surface area contributed by atoms with Gasteiger partial charge in [0.15, 0.2) is 0 Å². The topological polar surface area (TPSA) is 28.2 Å². The van der Waals surface area contributed by atoms with Crippen LogP contribution in [0.25, 0.3) is 0 Å². The van der Waals surface area contributed by atoms with Crippen LogP contribution >= 0.6 is 11.3 Å². The Hall–Kier alpha value is -0.450. The zero-order chi connectivity index (χ0) is 12.5. The molecule has 0 bridgehead atoms. The molecule has 96 valence electrons. The zero-order valence-corrected chi connectivity index (χ0v) is 12.1. The molecule has 1 fully saturated rings. The number of rotatable bonds is 3. The summed E-state index contributed by atoms with van der Waals surface area (Å²) in [7, 11) is 0. The Bertz CT molecular complexity index is 372. The van der Waals surface area contributed by atoms with Gasteiger partial charge in [-0.3, -0.25) is 4.90 Å². The smallest absolute Gasteiger partial charge is 0.0897 e. The molecule has 0 aliphatic carbocycles. The van der Waals surface area contributed by atoms with Crippen LogP contribution in [0.5, 0.6) is 0 Å². The van der Waals surface area contributed by atoms with Crippen molar-refractivity contribution in [3.05, 3.63) is 16.1 Å². The van der Waals surface area contributed by atoms with Gasteiger partial charge in [0.25, 0.3) is 0 Å². The van der Waals surface area contributed by atoms with E-state index in [1.807, 2.05) is 0 Å². The molecule has 1 N–H and O–H groups in total. The van der Waals surface area contributed by atoms with Crippen molar-refractivity contribution in [2.75, 3.05) is 19.6 Å². The van der Waals surface area contributed by atoms with E-state index in [1.165, 1.54) is 10.7 Å². The standard InChI is InChI=1S/C13H23N3S/c1-10-7-14-13(3,4)9-16(10)6-5-12-8-17-11(2)15-12/h8,10,14H,5-7,9H2,1-4H3. The number of aromatic nitrogens is 1. The highest BCUT2D eigenvalue weighted by molar-refractivity contribution is 7.09. The summed E-state index contributed by atoms with van der Waals surface area (Å²) in [6, 6.07) is 0.628. The molecule has 3 nitrogen and oxygen atoms in total. The van der Waals surface area contributed by atoms with E-state index in [-0.39, 0.29) is 5.54 Å². The summed E-state index contributed by atoms with van der Waals surface area (Å²) in [5, 5.41) is 6.95. The Morgan fingerprint density at radius 1 is 1.59 bits per heavy atom. The summed E-state index contributed by atoms with van der Waals surface area (Å²) in [4.78, 5) is 7.11. The average Bonchev–Trinajstić information content (AvgIpc) is 2.66. The van der Waals surface area contributed by atoms with Gasteiger partial charge >= 0.3 is 0 Å². The maximum absolute atomic E-state index is 4.53. The quantitative estimate of drug-likeness (QED) is 0.894. The number of thiazole rings is 1. The molecule has 0 radical (unpaired) electrons. The largest absolute Gasteiger partial charge is 0.309 e. The molecule has 1 unspecified atom stereocenters. The number of nitrogens with zero attached hydrogens (tertiary/aromatic N) is 2. The van der Waals surface area contributed by atoms with Crippen molar-refractivity contribution < 1.29 is 0 Å². The molecule has 0 spiro atoms. The molecule has 4 heteroatoms. The fourth-order valence-electron chi connectivity index (χ4n) is 2.35. The molecule has 0 amide bonds. The third kappa shape index (κ3) is 3.50. The van der Waals surface area contributed by atoms with Crippen LogP contribution < -0.4 is 5.32 Å². The summed E-state index contributed by atoms with van der Waals surface area (Å²) in [5.41, 5.74) is 1.49. The first-order valence-electron chi connectivity index (χ1n) is 6.36. The molecule has 1 aromatic rings. The second kappa shape index (κ2) is 5.04. The van der Waals surface area contributed by atoms with Crippen LogP contribution in [0.4, 0.5) is 0 Å². The van der Waals surface area contributed by atoms with Crippen molar-refractivity contribution in [1.82, 2.24) is 15.2 Å². The summed E-state index contributed by atoms with van der Waals surface area (Å²) in [6.07, 6.45) is 1.07. The molecule has 0 saturated carbocycles. The van der Waals surface area contributed by atoms with Crippen molar-refractivity contribution in [2.45, 2.75) is 45.7 Å². The van der Waals surface area contributed by atoms with Crippen LogP contribution in [0.2, 0.25) is 0 Å². The van der Waals surface area contributed by atoms with Crippen molar-refractivity contribution in [1.29, 1.82) is 0 Å². The first-order chi connectivity index (χ1) is 7.96. The van der Waals surface area contributed by atoms with E-state index in [9.17, 15) is 0 Å². The highest BCUT2D eigenvalue weighted by atomic mass is 32.1. The van der Waals surface area contributed by atoms with E-state index in [2.05, 4.69) is 48.3 Å². The number of hydrogen-bond donors (Lipinski definition) is 1. The van der Waals surface area contributed by atoms with E-state index in [1.54, 1.807) is 11.3 Å². The number of aryl methyl sites for hydroxylation is 1. The highest BCUT2D eigenvalue weighted by Gasteiger charge is 2.29. The van der Waals surface area contributed by atoms with Crippen LogP contribution in [0, 0.1) is 6.92 Å². The van der Waals surface area contributed by atoms with Gasteiger partial charge < -0.3 is 5.32 Å². The predicted molar refractivity (Wildman–Crippen MR) is 73.7 cm³/mol. The molecule has 1 aliphatic rings. The molecule has 1 saturated heterocycles. The van der Waals surface area contributed by atoms with Crippen LogP contribution in [-0.2, 0) is 6.42 Å². The van der Waals surface area contributed by atoms with Crippen molar-refractivity contribution >= 4 is 11.3 Å². The van der Waals surface area contributed by atoms with E-state index in [4.69, 9.17) is 0 Å². The Morgan fingerprint density at radius 2 is 2.35 bits per heavy atom. The predicted octanol–water partition coefficient (Wildman–Crippen LogP) is 2.07. The Labute approximate surface area is 108 Å². The molecule has 17 heavy (non-hydrogen) atoms. The lowest BCUT2D eigenvalue weighted by molar-refractivity contribution is 0.106. The van der Waals surface area contributed by atoms with Gasteiger partial charge in [0.05, 0.1) is 10.7 Å². The number of piperazine rings is 1. The van der Waals surface area contributed by atoms with E-state index < -0.39 is 0 Å². The summed E-state index contributed by atoms with van der Waals surface area (Å²) in [6.45, 7) is 12.3. The number of nitrogens with one attached hydrogen (secondary N) is 1. The lowest BCUT2D eigenvalue weighted by Crippen LogP contribution is -2.60. The van der Waals surface area contributed by atoms with E-state index in [0.717, 1.165) is 26.1 Å². The van der Waals surface area contributed by atoms with Crippen LogP contribution in [0.3, 0.4) is 0 Å². The second-order valence-corrected chi connectivity index (χ2v) is 6.75. The third-order valence-electron chi connectivity index (χ3n) is 3.42. The van der Waals surface area contributed by atoms with Crippen LogP contribution in [-0.4, -0.2) is 41.1 Å². The molecule has 2 heterocycles. The monoisotopic (exact) mass is 253 g/mol. The first-order valence-corrected chi connectivity index (χ1v) is 7.24. The minimum atomic E-state index is 0.241. The van der Waals surface area contributed by atoms with Gasteiger partial charge in [-0.15, -0.1) is 11.3 Å². The lowest BCUT2D eigenvalue weighted by Gasteiger charge is -2.43. The Kier molecular flexibility index (Phi) is 3.85. The van der Waals surface area contributed by atoms with Gasteiger partial charge in [-0.05, 0) is 27.7 Å². The summed E-state index contributed by atoms with van der Waals surface area (Å²) < 4.78 is 0. The van der Waals surface area contributed by atoms with Crippen molar-refractivity contribution in [3.8, 4) is 0 Å². The van der Waals surface area contributed by atoms with Crippen LogP contribution in [0.1, 0.15) is 31.5 Å². The SMILES string of the molecule is Cc1nc(CCN2CC(C)(C)NCC2C)cs1. The fourth-order valence-corrected chi connectivity index (χ4v) is 3.00. The maximum Gasteiger partial charge on any atom is 0.0897 e. The summed E-state index contributed by atoms with van der Waals surface area (Å²) >= 11 is 1.75. The highest BCUT2D eigenvalue weighted by Crippen LogP contribution is 2.16. The van der Waals surface area contributed by atoms with Gasteiger partial charge in [0, 0.05) is 43.0 Å². The molecule has 1 atom stereocenters. The van der Waals surface area contributed by atoms with Gasteiger partial charge in [-0.2, -0.15) is 0 Å². The van der Waals surface area contributed by atoms with E-state index >= 15 is 0 Å². The van der Waals surface area contributed by atoms with Crippen LogP contribution in [0.15, 0.2) is 5.38 Å². The van der Waals surface area contributed by atoms with Gasteiger partial charge in [-0.1, -0.05) is 0 Å². The lowest BCUT2D eigenvalue weighted by atomic mass is 9.99. The molecular weight excluding hydrogens is 230 g/mol. The second-order valence-electron chi connectivity index (χ2n) is 5.69. The number of hydrogen-bond acceptors (Lipinski definition) is 4. The average molecular weight is 253 g/mol. The van der Waals surface area contributed by atoms with Crippen molar-refractivity contribution in [3.63, 3.8) is 0 Å². The fraction of sp³-hybridized carbons (Fsp3) is 0.769. The third-order valence-corrected chi connectivity index (χ3v) is 4.24. The van der Waals surface area contributed by atoms with Gasteiger partial charge in [0.2, 0.25) is 0 Å². The first kappa shape index (κ1) is 13.0. The Morgan fingerprint density at radius 3 is 3.00 bits per heavy atom. The normalized spacial score (nSPS) is 25.1. The molecule has 2 rings (SSSR count). The zero-order valence-electron chi connectivity index (χ0n) is 11.3. The minimum absolute atomic E-state index is 0.241. The summed E-state index contributed by atoms with van der Waals surface area (Å²) in [5.74, 6) is 0. The molecule has 1 aromatic heterocycles. The van der Waals surface area contributed by atoms with Crippen molar-refractivity contribution in [2.24, 2.45) is 0 Å². The van der Waals surface area contributed by atoms with Gasteiger partial charge in [-0.25, -0.2) is 4.98 Å². The van der Waals surface area contributed by atoms with E-state index in [0.29, 0.717) is 6.04 Å². The molecule has 1 aliphatic heterocycles. The molecular formula is C13H23N3S. The Balaban J connectivity index is 1.89.